The van der Waals surface area contributed by atoms with E-state index in [9.17, 15) is 4.79 Å². The molecule has 1 rings (SSSR count). The summed E-state index contributed by atoms with van der Waals surface area (Å²) in [6, 6.07) is -0.00694. The molecule has 4 nitrogen and oxygen atoms in total. The Bertz CT molecular complexity index is 135. The molecule has 1 fully saturated rings. The number of hydrogen-bond donors (Lipinski definition) is 2. The van der Waals surface area contributed by atoms with E-state index < -0.39 is 6.23 Å². The number of esters is 1. The van der Waals surface area contributed by atoms with Gasteiger partial charge in [-0.05, 0) is 6.92 Å². The fourth-order valence-corrected chi connectivity index (χ4v) is 0.961. The minimum absolute atomic E-state index is 0.00694. The number of ether oxygens (including phenoxy) is 1. The SMILES string of the molecule is CC(O)NC1COC(=O)C1. The maximum absolute atomic E-state index is 10.5. The number of aliphatic hydroxyl groups is 1. The molecule has 1 aliphatic heterocycles. The summed E-state index contributed by atoms with van der Waals surface area (Å²) in [5.74, 6) is -0.196. The first-order valence-electron chi connectivity index (χ1n) is 3.28. The van der Waals surface area contributed by atoms with Crippen molar-refractivity contribution in [2.75, 3.05) is 6.61 Å². The van der Waals surface area contributed by atoms with Crippen molar-refractivity contribution < 1.29 is 14.6 Å². The first kappa shape index (κ1) is 7.50. The van der Waals surface area contributed by atoms with Crippen molar-refractivity contribution in [3.8, 4) is 0 Å². The zero-order chi connectivity index (χ0) is 7.56. The quantitative estimate of drug-likeness (QED) is 0.395. The van der Waals surface area contributed by atoms with E-state index in [4.69, 9.17) is 5.11 Å². The molecule has 0 aromatic carbocycles. The van der Waals surface area contributed by atoms with Crippen LogP contribution in [0.1, 0.15) is 13.3 Å². The Morgan fingerprint density at radius 2 is 2.60 bits per heavy atom. The monoisotopic (exact) mass is 145 g/mol. The molecule has 1 heterocycles. The molecule has 4 heteroatoms. The van der Waals surface area contributed by atoms with E-state index in [0.29, 0.717) is 13.0 Å². The molecule has 0 aliphatic carbocycles. The van der Waals surface area contributed by atoms with Crippen LogP contribution in [0.25, 0.3) is 0 Å². The summed E-state index contributed by atoms with van der Waals surface area (Å²) in [5.41, 5.74) is 0. The van der Waals surface area contributed by atoms with Gasteiger partial charge in [0.2, 0.25) is 0 Å². The minimum atomic E-state index is -0.570. The summed E-state index contributed by atoms with van der Waals surface area (Å²) in [6.07, 6.45) is -0.204. The van der Waals surface area contributed by atoms with Gasteiger partial charge in [-0.3, -0.25) is 10.1 Å². The fourth-order valence-electron chi connectivity index (χ4n) is 0.961. The molecule has 58 valence electrons. The molecule has 2 atom stereocenters. The van der Waals surface area contributed by atoms with E-state index >= 15 is 0 Å². The lowest BCUT2D eigenvalue weighted by Crippen LogP contribution is -2.36. The van der Waals surface area contributed by atoms with Gasteiger partial charge in [0.1, 0.15) is 12.8 Å². The topological polar surface area (TPSA) is 58.6 Å². The molecule has 0 radical (unpaired) electrons. The summed E-state index contributed by atoms with van der Waals surface area (Å²) in [6.45, 7) is 1.99. The van der Waals surface area contributed by atoms with Crippen LogP contribution in [0.15, 0.2) is 0 Å². The molecule has 1 saturated heterocycles. The summed E-state index contributed by atoms with van der Waals surface area (Å²) in [4.78, 5) is 10.5. The Balaban J connectivity index is 2.24. The normalized spacial score (nSPS) is 28.2. The number of aliphatic hydroxyl groups excluding tert-OH is 1. The summed E-state index contributed by atoms with van der Waals surface area (Å²) >= 11 is 0. The predicted molar refractivity (Wildman–Crippen MR) is 34.2 cm³/mol. The van der Waals surface area contributed by atoms with E-state index in [1.165, 1.54) is 0 Å². The first-order chi connectivity index (χ1) is 4.68. The summed E-state index contributed by atoms with van der Waals surface area (Å²) < 4.78 is 4.65. The Hall–Kier alpha value is -0.610. The van der Waals surface area contributed by atoms with E-state index in [2.05, 4.69) is 10.1 Å². The van der Waals surface area contributed by atoms with Crippen LogP contribution >= 0.6 is 0 Å². The van der Waals surface area contributed by atoms with Crippen LogP contribution in [0.4, 0.5) is 0 Å². The highest BCUT2D eigenvalue weighted by atomic mass is 16.5. The van der Waals surface area contributed by atoms with E-state index in [1.807, 2.05) is 0 Å². The number of nitrogens with one attached hydrogen (secondary N) is 1. The number of hydrogen-bond acceptors (Lipinski definition) is 4. The second-order valence-corrected chi connectivity index (χ2v) is 2.43. The van der Waals surface area contributed by atoms with Gasteiger partial charge in [-0.2, -0.15) is 0 Å². The van der Waals surface area contributed by atoms with Gasteiger partial charge in [0, 0.05) is 0 Å². The molecule has 1 aliphatic rings. The standard InChI is InChI=1S/C6H11NO3/c1-4(8)7-5-2-6(9)10-3-5/h4-5,7-8H,2-3H2,1H3. The zero-order valence-corrected chi connectivity index (χ0v) is 5.83. The summed E-state index contributed by atoms with van der Waals surface area (Å²) in [7, 11) is 0. The maximum atomic E-state index is 10.5. The number of carbonyl (C=O) groups excluding carboxylic acids is 1. The van der Waals surface area contributed by atoms with Gasteiger partial charge in [-0.25, -0.2) is 0 Å². The molecule has 10 heavy (non-hydrogen) atoms. The molecule has 0 bridgehead atoms. The van der Waals surface area contributed by atoms with Crippen LogP contribution in [-0.2, 0) is 9.53 Å². The molecule has 0 amide bonds. The molecule has 0 spiro atoms. The second kappa shape index (κ2) is 2.98. The lowest BCUT2D eigenvalue weighted by Gasteiger charge is -2.10. The Labute approximate surface area is 59.2 Å². The fraction of sp³-hybridized carbons (Fsp3) is 0.833. The Morgan fingerprint density at radius 1 is 1.90 bits per heavy atom. The van der Waals surface area contributed by atoms with Crippen LogP contribution in [0.2, 0.25) is 0 Å². The lowest BCUT2D eigenvalue weighted by molar-refractivity contribution is -0.137. The average molecular weight is 145 g/mol. The van der Waals surface area contributed by atoms with E-state index in [1.54, 1.807) is 6.92 Å². The molecule has 2 unspecified atom stereocenters. The average Bonchev–Trinajstić information content (AvgIpc) is 2.13. The maximum Gasteiger partial charge on any atom is 0.307 e. The Kier molecular flexibility index (Phi) is 2.24. The van der Waals surface area contributed by atoms with Crippen molar-refractivity contribution in [2.24, 2.45) is 0 Å². The van der Waals surface area contributed by atoms with E-state index in [-0.39, 0.29) is 12.0 Å². The van der Waals surface area contributed by atoms with Crippen molar-refractivity contribution in [1.82, 2.24) is 5.32 Å². The molecular formula is C6H11NO3. The number of cyclic esters (lactones) is 1. The predicted octanol–water partition coefficient (Wildman–Crippen LogP) is -0.770. The van der Waals surface area contributed by atoms with Gasteiger partial charge in [0.15, 0.2) is 0 Å². The largest absolute Gasteiger partial charge is 0.464 e. The van der Waals surface area contributed by atoms with Crippen LogP contribution < -0.4 is 5.32 Å². The van der Waals surface area contributed by atoms with Crippen LogP contribution in [0, 0.1) is 0 Å². The highest BCUT2D eigenvalue weighted by Gasteiger charge is 2.23. The first-order valence-corrected chi connectivity index (χ1v) is 3.28. The van der Waals surface area contributed by atoms with Crippen molar-refractivity contribution >= 4 is 5.97 Å². The molecular weight excluding hydrogens is 134 g/mol. The molecule has 0 aromatic rings. The smallest absolute Gasteiger partial charge is 0.307 e. The third-order valence-corrected chi connectivity index (χ3v) is 1.34. The van der Waals surface area contributed by atoms with Crippen molar-refractivity contribution in [1.29, 1.82) is 0 Å². The molecule has 0 saturated carbocycles. The second-order valence-electron chi connectivity index (χ2n) is 2.43. The van der Waals surface area contributed by atoms with Gasteiger partial charge in [-0.15, -0.1) is 0 Å². The highest BCUT2D eigenvalue weighted by Crippen LogP contribution is 2.05. The van der Waals surface area contributed by atoms with Crippen molar-refractivity contribution in [3.05, 3.63) is 0 Å². The van der Waals surface area contributed by atoms with Crippen LogP contribution in [-0.4, -0.2) is 30.0 Å². The minimum Gasteiger partial charge on any atom is -0.464 e. The van der Waals surface area contributed by atoms with Gasteiger partial charge in [-0.1, -0.05) is 0 Å². The van der Waals surface area contributed by atoms with Crippen LogP contribution in [0.5, 0.6) is 0 Å². The van der Waals surface area contributed by atoms with Gasteiger partial charge in [0.25, 0.3) is 0 Å². The van der Waals surface area contributed by atoms with Crippen LogP contribution in [0.3, 0.4) is 0 Å². The molecule has 2 N–H and O–H groups in total. The number of carbonyl (C=O) groups is 1. The molecule has 0 aromatic heterocycles. The van der Waals surface area contributed by atoms with Crippen molar-refractivity contribution in [2.45, 2.75) is 25.6 Å². The lowest BCUT2D eigenvalue weighted by atomic mass is 10.2. The van der Waals surface area contributed by atoms with Crippen molar-refractivity contribution in [3.63, 3.8) is 0 Å². The number of rotatable bonds is 2. The van der Waals surface area contributed by atoms with Gasteiger partial charge >= 0.3 is 5.97 Å². The zero-order valence-electron chi connectivity index (χ0n) is 5.83. The summed E-state index contributed by atoms with van der Waals surface area (Å²) in [5, 5.41) is 11.6. The van der Waals surface area contributed by atoms with Gasteiger partial charge < -0.3 is 9.84 Å². The Morgan fingerprint density at radius 3 is 3.00 bits per heavy atom. The van der Waals surface area contributed by atoms with Gasteiger partial charge in [0.05, 0.1) is 12.5 Å². The van der Waals surface area contributed by atoms with E-state index in [0.717, 1.165) is 0 Å². The highest BCUT2D eigenvalue weighted by molar-refractivity contribution is 5.72. The third kappa shape index (κ3) is 1.97. The third-order valence-electron chi connectivity index (χ3n) is 1.34.